The summed E-state index contributed by atoms with van der Waals surface area (Å²) in [5, 5.41) is 0.651. The van der Waals surface area contributed by atoms with E-state index in [1.165, 1.54) is 11.3 Å². The van der Waals surface area contributed by atoms with Crippen molar-refractivity contribution in [2.24, 2.45) is 0 Å². The predicted molar refractivity (Wildman–Crippen MR) is 154 cm³/mol. The Kier molecular flexibility index (Phi) is 10.2. The zero-order valence-electron chi connectivity index (χ0n) is 23.0. The summed E-state index contributed by atoms with van der Waals surface area (Å²) in [5.41, 5.74) is 3.61. The third-order valence-corrected chi connectivity index (χ3v) is 9.46. The smallest absolute Gasteiger partial charge is 0.260 e. The van der Waals surface area contributed by atoms with Gasteiger partial charge in [0.2, 0.25) is 10.0 Å². The first kappa shape index (κ1) is 29.2. The first-order valence-corrected chi connectivity index (χ1v) is 15.3. The van der Waals surface area contributed by atoms with Gasteiger partial charge in [0.1, 0.15) is 0 Å². The lowest BCUT2D eigenvalue weighted by Crippen LogP contribution is -2.37. The molecule has 2 aromatic carbocycles. The molecule has 1 aromatic heterocycles. The van der Waals surface area contributed by atoms with Gasteiger partial charge in [0, 0.05) is 31.7 Å². The van der Waals surface area contributed by atoms with Crippen LogP contribution in [0, 0.1) is 13.8 Å². The average Bonchev–Trinajstić information content (AvgIpc) is 3.28. The number of aryl methyl sites for hydroxylation is 2. The van der Waals surface area contributed by atoms with Gasteiger partial charge < -0.3 is 4.90 Å². The van der Waals surface area contributed by atoms with E-state index >= 15 is 0 Å². The lowest BCUT2D eigenvalue weighted by molar-refractivity contribution is 0.0985. The zero-order valence-corrected chi connectivity index (χ0v) is 24.6. The molecule has 0 aliphatic carbocycles. The molecule has 1 amide bonds. The largest absolute Gasteiger partial charge is 0.308 e. The van der Waals surface area contributed by atoms with Crippen molar-refractivity contribution in [1.82, 2.24) is 14.2 Å². The Morgan fingerprint density at radius 3 is 2.11 bits per heavy atom. The molecule has 0 saturated carbocycles. The van der Waals surface area contributed by atoms with Crippen LogP contribution in [0.25, 0.3) is 10.2 Å². The summed E-state index contributed by atoms with van der Waals surface area (Å²) >= 11 is 1.51. The Morgan fingerprint density at radius 2 is 1.54 bits per heavy atom. The van der Waals surface area contributed by atoms with E-state index in [9.17, 15) is 13.2 Å². The minimum atomic E-state index is -3.62. The molecule has 202 valence electrons. The number of benzene rings is 2. The number of hydrogen-bond donors (Lipinski definition) is 0. The highest BCUT2D eigenvalue weighted by atomic mass is 32.2. The lowest BCUT2D eigenvalue weighted by atomic mass is 10.1. The minimum absolute atomic E-state index is 0.187. The number of rotatable bonds is 13. The second-order valence-corrected chi connectivity index (χ2v) is 12.7. The SMILES string of the molecule is CCCCN(CCCC)S(=O)(=O)c1ccc(C(=O)N(CCN(C)C)c2nc3cc(C)cc(C)c3s2)cc1. The van der Waals surface area contributed by atoms with E-state index in [1.54, 1.807) is 33.5 Å². The molecule has 37 heavy (non-hydrogen) atoms. The molecule has 0 N–H and O–H groups in total. The van der Waals surface area contributed by atoms with E-state index in [2.05, 4.69) is 26.8 Å². The number of hydrogen-bond acceptors (Lipinski definition) is 6. The van der Waals surface area contributed by atoms with Gasteiger partial charge in [-0.3, -0.25) is 9.69 Å². The second-order valence-electron chi connectivity index (χ2n) is 9.82. The second kappa shape index (κ2) is 13.0. The maximum atomic E-state index is 13.7. The fourth-order valence-electron chi connectivity index (χ4n) is 4.16. The Balaban J connectivity index is 1.91. The van der Waals surface area contributed by atoms with Crippen LogP contribution in [0.5, 0.6) is 0 Å². The highest BCUT2D eigenvalue weighted by Crippen LogP contribution is 2.33. The third kappa shape index (κ3) is 7.16. The average molecular weight is 545 g/mol. The standard InChI is InChI=1S/C28H40N4O3S2/c1-7-9-15-31(16-10-8-2)37(34,35)24-13-11-23(12-14-24)27(33)32(18-17-30(5)6)28-29-25-20-21(3)19-22(4)26(25)36-28/h11-14,19-20H,7-10,15-18H2,1-6H3. The Morgan fingerprint density at radius 1 is 0.919 bits per heavy atom. The Hall–Kier alpha value is -2.33. The van der Waals surface area contributed by atoms with Gasteiger partial charge in [-0.15, -0.1) is 0 Å². The van der Waals surface area contributed by atoms with Gasteiger partial charge in [0.25, 0.3) is 5.91 Å². The van der Waals surface area contributed by atoms with Gasteiger partial charge in [-0.1, -0.05) is 44.1 Å². The summed E-state index contributed by atoms with van der Waals surface area (Å²) < 4.78 is 29.3. The number of fused-ring (bicyclic) bond motifs is 1. The molecule has 0 unspecified atom stereocenters. The molecule has 7 nitrogen and oxygen atoms in total. The molecule has 0 bridgehead atoms. The summed E-state index contributed by atoms with van der Waals surface area (Å²) in [7, 11) is 0.322. The van der Waals surface area contributed by atoms with Crippen LogP contribution in [-0.2, 0) is 10.0 Å². The van der Waals surface area contributed by atoms with Crippen LogP contribution in [0.1, 0.15) is 61.0 Å². The van der Waals surface area contributed by atoms with Crippen LogP contribution < -0.4 is 4.90 Å². The molecule has 0 aliphatic rings. The monoisotopic (exact) mass is 544 g/mol. The number of aromatic nitrogens is 1. The lowest BCUT2D eigenvalue weighted by Gasteiger charge is -2.23. The summed E-state index contributed by atoms with van der Waals surface area (Å²) in [6.07, 6.45) is 3.50. The number of likely N-dealkylation sites (N-methyl/N-ethyl adjacent to an activating group) is 1. The van der Waals surface area contributed by atoms with Crippen molar-refractivity contribution in [3.8, 4) is 0 Å². The van der Waals surface area contributed by atoms with Gasteiger partial charge in [0.05, 0.1) is 15.1 Å². The quantitative estimate of drug-likeness (QED) is 0.275. The Labute approximate surface area is 226 Å². The summed E-state index contributed by atoms with van der Waals surface area (Å²) in [5.74, 6) is -0.187. The summed E-state index contributed by atoms with van der Waals surface area (Å²) in [6.45, 7) is 10.4. The molecular weight excluding hydrogens is 504 g/mol. The number of unbranched alkanes of at least 4 members (excludes halogenated alkanes) is 2. The summed E-state index contributed by atoms with van der Waals surface area (Å²) in [4.78, 5) is 22.4. The van der Waals surface area contributed by atoms with Crippen molar-refractivity contribution < 1.29 is 13.2 Å². The van der Waals surface area contributed by atoms with Crippen molar-refractivity contribution in [2.45, 2.75) is 58.3 Å². The molecule has 1 heterocycles. The normalized spacial score (nSPS) is 12.1. The Bertz CT molecular complexity index is 1290. The van der Waals surface area contributed by atoms with E-state index in [-0.39, 0.29) is 10.8 Å². The van der Waals surface area contributed by atoms with Crippen LogP contribution in [0.15, 0.2) is 41.3 Å². The summed E-state index contributed by atoms with van der Waals surface area (Å²) in [6, 6.07) is 10.5. The van der Waals surface area contributed by atoms with Gasteiger partial charge in [0.15, 0.2) is 5.13 Å². The number of carbonyl (C=O) groups is 1. The molecular formula is C28H40N4O3S2. The number of anilines is 1. The van der Waals surface area contributed by atoms with E-state index in [0.717, 1.165) is 47.0 Å². The van der Waals surface area contributed by atoms with Crippen LogP contribution in [0.4, 0.5) is 5.13 Å². The van der Waals surface area contributed by atoms with Crippen LogP contribution in [-0.4, -0.2) is 68.8 Å². The number of sulfonamides is 1. The molecule has 0 saturated heterocycles. The van der Waals surface area contributed by atoms with E-state index in [4.69, 9.17) is 4.98 Å². The van der Waals surface area contributed by atoms with Crippen LogP contribution in [0.3, 0.4) is 0 Å². The maximum Gasteiger partial charge on any atom is 0.260 e. The molecule has 0 fully saturated rings. The van der Waals surface area contributed by atoms with Crippen LogP contribution >= 0.6 is 11.3 Å². The molecule has 0 aliphatic heterocycles. The number of thiazole rings is 1. The molecule has 0 spiro atoms. The van der Waals surface area contributed by atoms with E-state index < -0.39 is 10.0 Å². The van der Waals surface area contributed by atoms with Crippen LogP contribution in [0.2, 0.25) is 0 Å². The molecule has 3 rings (SSSR count). The van der Waals surface area contributed by atoms with Gasteiger partial charge in [-0.25, -0.2) is 13.4 Å². The zero-order chi connectivity index (χ0) is 27.2. The molecule has 9 heteroatoms. The van der Waals surface area contributed by atoms with E-state index in [0.29, 0.717) is 36.9 Å². The molecule has 3 aromatic rings. The number of carbonyl (C=O) groups excluding carboxylic acids is 1. The first-order chi connectivity index (χ1) is 17.6. The van der Waals surface area contributed by atoms with Crippen molar-refractivity contribution >= 4 is 42.6 Å². The van der Waals surface area contributed by atoms with Crippen molar-refractivity contribution in [2.75, 3.05) is 45.2 Å². The third-order valence-electron chi connectivity index (χ3n) is 6.32. The highest BCUT2D eigenvalue weighted by Gasteiger charge is 2.26. The maximum absolute atomic E-state index is 13.7. The fourth-order valence-corrected chi connectivity index (χ4v) is 6.72. The molecule has 0 atom stereocenters. The first-order valence-electron chi connectivity index (χ1n) is 13.0. The van der Waals surface area contributed by atoms with Crippen molar-refractivity contribution in [3.63, 3.8) is 0 Å². The van der Waals surface area contributed by atoms with E-state index in [1.807, 2.05) is 32.0 Å². The predicted octanol–water partition coefficient (Wildman–Crippen LogP) is 5.71. The van der Waals surface area contributed by atoms with Crippen molar-refractivity contribution in [1.29, 1.82) is 0 Å². The minimum Gasteiger partial charge on any atom is -0.308 e. The van der Waals surface area contributed by atoms with Gasteiger partial charge >= 0.3 is 0 Å². The van der Waals surface area contributed by atoms with Crippen molar-refractivity contribution in [3.05, 3.63) is 53.1 Å². The fraction of sp³-hybridized carbons (Fsp3) is 0.500. The topological polar surface area (TPSA) is 73.8 Å². The number of nitrogens with zero attached hydrogens (tertiary/aromatic N) is 4. The van der Waals surface area contributed by atoms with Gasteiger partial charge in [-0.2, -0.15) is 4.31 Å². The van der Waals surface area contributed by atoms with Gasteiger partial charge in [-0.05, 0) is 82.2 Å². The molecule has 0 radical (unpaired) electrons. The number of amides is 1. The highest BCUT2D eigenvalue weighted by molar-refractivity contribution is 7.89.